The quantitative estimate of drug-likeness (QED) is 0.443. The monoisotopic (exact) mass is 448 g/mol. The Balaban J connectivity index is 1.64. The Hall–Kier alpha value is -3.47. The third-order valence-corrected chi connectivity index (χ3v) is 4.83. The van der Waals surface area contributed by atoms with Gasteiger partial charge >= 0.3 is 0 Å². The molecule has 0 aliphatic carbocycles. The molecule has 0 unspecified atom stereocenters. The lowest BCUT2D eigenvalue weighted by Crippen LogP contribution is -2.26. The third kappa shape index (κ3) is 5.82. The van der Waals surface area contributed by atoms with E-state index in [0.29, 0.717) is 12.2 Å². The minimum atomic E-state index is -0.876. The molecule has 32 heavy (non-hydrogen) atoms. The molecule has 2 aromatic rings. The first kappa shape index (κ1) is 23.2. The van der Waals surface area contributed by atoms with Crippen molar-refractivity contribution in [3.63, 3.8) is 0 Å². The predicted octanol–water partition coefficient (Wildman–Crippen LogP) is 2.28. The second-order valence-corrected chi connectivity index (χ2v) is 7.13. The molecular formula is C21H26F2N6O3. The van der Waals surface area contributed by atoms with Gasteiger partial charge in [-0.15, -0.1) is 0 Å². The highest BCUT2D eigenvalue weighted by atomic mass is 19.1. The van der Waals surface area contributed by atoms with Gasteiger partial charge in [0.25, 0.3) is 5.95 Å². The largest absolute Gasteiger partial charge is 0.494 e. The normalized spacial score (nSPS) is 15.1. The fraction of sp³-hybridized carbons (Fsp3) is 0.381. The van der Waals surface area contributed by atoms with Gasteiger partial charge < -0.3 is 25.7 Å². The number of hydrogen-bond donors (Lipinski definition) is 2. The smallest absolute Gasteiger partial charge is 0.251 e. The van der Waals surface area contributed by atoms with Gasteiger partial charge in [0, 0.05) is 24.4 Å². The van der Waals surface area contributed by atoms with E-state index in [1.54, 1.807) is 6.08 Å². The van der Waals surface area contributed by atoms with Crippen molar-refractivity contribution >= 4 is 11.8 Å². The molecule has 2 heterocycles. The summed E-state index contributed by atoms with van der Waals surface area (Å²) >= 11 is 0. The Morgan fingerprint density at radius 1 is 1.09 bits per heavy atom. The van der Waals surface area contributed by atoms with Crippen LogP contribution in [0.2, 0.25) is 0 Å². The molecule has 0 radical (unpaired) electrons. The minimum absolute atomic E-state index is 0.0977. The maximum atomic E-state index is 14.4. The highest BCUT2D eigenvalue weighted by Crippen LogP contribution is 2.31. The van der Waals surface area contributed by atoms with E-state index in [9.17, 15) is 8.78 Å². The van der Waals surface area contributed by atoms with Gasteiger partial charge in [-0.25, -0.2) is 18.7 Å². The first-order chi connectivity index (χ1) is 15.4. The van der Waals surface area contributed by atoms with Crippen molar-refractivity contribution in [2.24, 2.45) is 16.5 Å². The van der Waals surface area contributed by atoms with Crippen LogP contribution in [0.25, 0.3) is 0 Å². The van der Waals surface area contributed by atoms with Crippen LogP contribution in [0.15, 0.2) is 35.2 Å². The molecule has 172 valence electrons. The van der Waals surface area contributed by atoms with Crippen molar-refractivity contribution in [2.45, 2.75) is 19.4 Å². The van der Waals surface area contributed by atoms with Crippen LogP contribution < -0.4 is 25.7 Å². The Kier molecular flexibility index (Phi) is 7.77. The Morgan fingerprint density at radius 2 is 1.69 bits per heavy atom. The molecule has 1 aromatic carbocycles. The molecule has 1 aliphatic heterocycles. The average molecular weight is 448 g/mol. The fourth-order valence-electron chi connectivity index (χ4n) is 3.24. The topological polar surface area (TPSA) is 121 Å². The SMILES string of the molecule is COc1cc(OC)c(F)c(COc2cnc(N=C(N)C=C(N)CN3CCCC3)nc2)c1F. The summed E-state index contributed by atoms with van der Waals surface area (Å²) in [6.45, 7) is 2.25. The van der Waals surface area contributed by atoms with Crippen LogP contribution >= 0.6 is 0 Å². The molecular weight excluding hydrogens is 422 g/mol. The van der Waals surface area contributed by atoms with Gasteiger partial charge in [-0.1, -0.05) is 0 Å². The zero-order valence-electron chi connectivity index (χ0n) is 18.0. The predicted molar refractivity (Wildman–Crippen MR) is 115 cm³/mol. The van der Waals surface area contributed by atoms with E-state index in [2.05, 4.69) is 19.9 Å². The van der Waals surface area contributed by atoms with Crippen molar-refractivity contribution in [3.05, 3.63) is 47.4 Å². The van der Waals surface area contributed by atoms with Gasteiger partial charge in [0.05, 0.1) is 32.2 Å². The van der Waals surface area contributed by atoms with Crippen LogP contribution in [-0.4, -0.2) is 54.6 Å². The summed E-state index contributed by atoms with van der Waals surface area (Å²) < 4.78 is 44.1. The number of methoxy groups -OCH3 is 2. The van der Waals surface area contributed by atoms with E-state index in [4.69, 9.17) is 25.7 Å². The lowest BCUT2D eigenvalue weighted by molar-refractivity contribution is 0.280. The second kappa shape index (κ2) is 10.7. The first-order valence-corrected chi connectivity index (χ1v) is 9.97. The number of nitrogens with two attached hydrogens (primary N) is 2. The highest BCUT2D eigenvalue weighted by Gasteiger charge is 2.20. The maximum absolute atomic E-state index is 14.4. The maximum Gasteiger partial charge on any atom is 0.251 e. The van der Waals surface area contributed by atoms with E-state index in [0.717, 1.165) is 19.2 Å². The van der Waals surface area contributed by atoms with Gasteiger partial charge in [-0.05, 0) is 25.9 Å². The van der Waals surface area contributed by atoms with Crippen molar-refractivity contribution < 1.29 is 23.0 Å². The Morgan fingerprint density at radius 3 is 2.25 bits per heavy atom. The summed E-state index contributed by atoms with van der Waals surface area (Å²) in [7, 11) is 2.54. The molecule has 1 aromatic heterocycles. The molecule has 1 saturated heterocycles. The zero-order valence-corrected chi connectivity index (χ0v) is 18.0. The summed E-state index contributed by atoms with van der Waals surface area (Å²) in [4.78, 5) is 14.4. The van der Waals surface area contributed by atoms with Crippen LogP contribution in [-0.2, 0) is 6.61 Å². The van der Waals surface area contributed by atoms with Crippen LogP contribution in [0.4, 0.5) is 14.7 Å². The number of ether oxygens (including phenoxy) is 3. The van der Waals surface area contributed by atoms with Crippen molar-refractivity contribution in [3.8, 4) is 17.2 Å². The molecule has 0 amide bonds. The third-order valence-electron chi connectivity index (χ3n) is 4.83. The van der Waals surface area contributed by atoms with Crippen molar-refractivity contribution in [1.29, 1.82) is 0 Å². The summed E-state index contributed by atoms with van der Waals surface area (Å²) in [6, 6.07) is 1.13. The standard InChI is InChI=1S/C21H26F2N6O3/c1-30-16-8-17(31-2)20(23)15(19(16)22)12-32-14-9-26-21(27-10-14)28-18(25)7-13(24)11-29-5-3-4-6-29/h7-10H,3-6,11-12,24H2,1-2H3,(H2,25,26,27,28). The summed E-state index contributed by atoms with van der Waals surface area (Å²) in [5, 5.41) is 0. The van der Waals surface area contributed by atoms with Gasteiger partial charge in [-0.2, -0.15) is 4.99 Å². The Bertz CT molecular complexity index is 964. The van der Waals surface area contributed by atoms with E-state index >= 15 is 0 Å². The van der Waals surface area contributed by atoms with Crippen LogP contribution in [0.1, 0.15) is 18.4 Å². The van der Waals surface area contributed by atoms with Gasteiger partial charge in [0.1, 0.15) is 12.4 Å². The minimum Gasteiger partial charge on any atom is -0.494 e. The number of amidine groups is 1. The van der Waals surface area contributed by atoms with Gasteiger partial charge in [0.15, 0.2) is 28.9 Å². The first-order valence-electron chi connectivity index (χ1n) is 9.97. The molecule has 0 spiro atoms. The molecule has 0 bridgehead atoms. The number of aliphatic imine (C=N–C) groups is 1. The van der Waals surface area contributed by atoms with Crippen molar-refractivity contribution in [2.75, 3.05) is 33.9 Å². The second-order valence-electron chi connectivity index (χ2n) is 7.13. The highest BCUT2D eigenvalue weighted by molar-refractivity contribution is 5.93. The number of aromatic nitrogens is 2. The summed E-state index contributed by atoms with van der Waals surface area (Å²) in [6.07, 6.45) is 6.56. The number of likely N-dealkylation sites (tertiary alicyclic amines) is 1. The van der Waals surface area contributed by atoms with Gasteiger partial charge in [-0.3, -0.25) is 4.90 Å². The molecule has 3 rings (SSSR count). The zero-order chi connectivity index (χ0) is 23.1. The summed E-state index contributed by atoms with van der Waals surface area (Å²) in [5.41, 5.74) is 12.2. The Labute approximate surface area is 184 Å². The molecule has 1 fully saturated rings. The van der Waals surface area contributed by atoms with E-state index in [1.165, 1.54) is 39.5 Å². The number of hydrogen-bond acceptors (Lipinski definition) is 8. The molecule has 0 saturated carbocycles. The number of benzene rings is 1. The molecule has 4 N–H and O–H groups in total. The number of nitrogens with zero attached hydrogens (tertiary/aromatic N) is 4. The number of halogens is 2. The fourth-order valence-corrected chi connectivity index (χ4v) is 3.24. The molecule has 11 heteroatoms. The summed E-state index contributed by atoms with van der Waals surface area (Å²) in [5.74, 6) is -1.61. The lowest BCUT2D eigenvalue weighted by atomic mass is 10.1. The van der Waals surface area contributed by atoms with Crippen LogP contribution in [0, 0.1) is 11.6 Å². The lowest BCUT2D eigenvalue weighted by Gasteiger charge is -2.14. The molecule has 0 atom stereocenters. The van der Waals surface area contributed by atoms with E-state index in [-0.39, 0.29) is 34.6 Å². The van der Waals surface area contributed by atoms with E-state index in [1.807, 2.05) is 0 Å². The molecule has 9 nitrogen and oxygen atoms in total. The van der Waals surface area contributed by atoms with E-state index < -0.39 is 18.2 Å². The average Bonchev–Trinajstić information content (AvgIpc) is 3.27. The van der Waals surface area contributed by atoms with Crippen molar-refractivity contribution in [1.82, 2.24) is 14.9 Å². The number of rotatable bonds is 9. The van der Waals surface area contributed by atoms with Crippen LogP contribution in [0.3, 0.4) is 0 Å². The van der Waals surface area contributed by atoms with Gasteiger partial charge in [0.2, 0.25) is 0 Å². The van der Waals surface area contributed by atoms with Crippen LogP contribution in [0.5, 0.6) is 17.2 Å². The molecule has 1 aliphatic rings.